The van der Waals surface area contributed by atoms with E-state index in [-0.39, 0.29) is 12.0 Å². The lowest BCUT2D eigenvalue weighted by Crippen LogP contribution is -2.46. The number of halogens is 1. The highest BCUT2D eigenvalue weighted by molar-refractivity contribution is 7.92. The molecule has 0 amide bonds. The molecule has 164 valence electrons. The number of sulfonamides is 1. The second-order valence-corrected chi connectivity index (χ2v) is 9.47. The van der Waals surface area contributed by atoms with Crippen molar-refractivity contribution in [2.24, 2.45) is 0 Å². The summed E-state index contributed by atoms with van der Waals surface area (Å²) in [5.41, 5.74) is 1.71. The molecule has 7 nitrogen and oxygen atoms in total. The summed E-state index contributed by atoms with van der Waals surface area (Å²) in [7, 11) is -2.58. The Morgan fingerprint density at radius 1 is 1.19 bits per heavy atom. The predicted molar refractivity (Wildman–Crippen MR) is 121 cm³/mol. The quantitative estimate of drug-likeness (QED) is 0.510. The van der Waals surface area contributed by atoms with Gasteiger partial charge < -0.3 is 4.74 Å². The van der Waals surface area contributed by atoms with Crippen molar-refractivity contribution in [3.8, 4) is 0 Å². The molecule has 3 rings (SSSR count). The van der Waals surface area contributed by atoms with E-state index in [0.29, 0.717) is 27.2 Å². The Labute approximate surface area is 186 Å². The number of fused-ring (bicyclic) bond motifs is 1. The molecule has 0 saturated carbocycles. The first-order valence-electron chi connectivity index (χ1n) is 9.58. The van der Waals surface area contributed by atoms with Crippen molar-refractivity contribution < 1.29 is 22.7 Å². The Morgan fingerprint density at radius 2 is 1.87 bits per heavy atom. The summed E-state index contributed by atoms with van der Waals surface area (Å²) in [6, 6.07) is 10.7. The lowest BCUT2D eigenvalue weighted by molar-refractivity contribution is 0.0603. The monoisotopic (exact) mass is 462 g/mol. The van der Waals surface area contributed by atoms with Crippen LogP contribution in [0.1, 0.15) is 34.1 Å². The van der Waals surface area contributed by atoms with Crippen LogP contribution in [0.25, 0.3) is 10.9 Å². The Kier molecular flexibility index (Phi) is 6.43. The van der Waals surface area contributed by atoms with Gasteiger partial charge in [0, 0.05) is 16.6 Å². The molecular formula is C22H23ClN2O5S. The van der Waals surface area contributed by atoms with Crippen LogP contribution >= 0.6 is 11.6 Å². The lowest BCUT2D eigenvalue weighted by atomic mass is 10.1. The van der Waals surface area contributed by atoms with Crippen molar-refractivity contribution in [2.45, 2.75) is 26.3 Å². The minimum absolute atomic E-state index is 0.206. The predicted octanol–water partition coefficient (Wildman–Crippen LogP) is 4.27. The third kappa shape index (κ3) is 4.31. The number of para-hydroxylation sites is 1. The van der Waals surface area contributed by atoms with Crippen molar-refractivity contribution in [2.75, 3.05) is 17.7 Å². The molecule has 2 aromatic carbocycles. The van der Waals surface area contributed by atoms with Crippen LogP contribution < -0.4 is 4.31 Å². The first-order valence-corrected chi connectivity index (χ1v) is 11.8. The van der Waals surface area contributed by atoms with E-state index < -0.39 is 27.9 Å². The maximum absolute atomic E-state index is 13.6. The number of carbonyl (C=O) groups is 2. The van der Waals surface area contributed by atoms with Crippen LogP contribution in [-0.2, 0) is 14.8 Å². The highest BCUT2D eigenvalue weighted by Gasteiger charge is 2.34. The number of anilines is 1. The van der Waals surface area contributed by atoms with Crippen LogP contribution in [0, 0.1) is 6.92 Å². The first kappa shape index (κ1) is 22.8. The van der Waals surface area contributed by atoms with E-state index in [1.807, 2.05) is 0 Å². The summed E-state index contributed by atoms with van der Waals surface area (Å²) in [5.74, 6) is -1.07. The van der Waals surface area contributed by atoms with Crippen molar-refractivity contribution >= 4 is 50.1 Å². The Morgan fingerprint density at radius 3 is 2.48 bits per heavy atom. The number of carbonyl (C=O) groups excluding carboxylic acids is 2. The molecule has 3 aromatic rings. The molecule has 0 radical (unpaired) electrons. The van der Waals surface area contributed by atoms with Crippen LogP contribution in [-0.4, -0.2) is 44.3 Å². The van der Waals surface area contributed by atoms with E-state index in [1.165, 1.54) is 23.9 Å². The van der Waals surface area contributed by atoms with E-state index in [0.717, 1.165) is 10.6 Å². The molecule has 1 unspecified atom stereocenters. The van der Waals surface area contributed by atoms with Crippen molar-refractivity contribution in [1.29, 1.82) is 0 Å². The molecule has 0 aliphatic carbocycles. The number of benzene rings is 2. The fourth-order valence-electron chi connectivity index (χ4n) is 3.63. The highest BCUT2D eigenvalue weighted by atomic mass is 35.5. The minimum Gasteiger partial charge on any atom is -0.465 e. The van der Waals surface area contributed by atoms with Gasteiger partial charge in [-0.3, -0.25) is 13.7 Å². The summed E-state index contributed by atoms with van der Waals surface area (Å²) in [6.07, 6.45) is 2.65. The van der Waals surface area contributed by atoms with Gasteiger partial charge in [-0.15, -0.1) is 0 Å². The molecule has 0 aliphatic rings. The van der Waals surface area contributed by atoms with Gasteiger partial charge in [0.15, 0.2) is 0 Å². The summed E-state index contributed by atoms with van der Waals surface area (Å²) < 4.78 is 32.9. The maximum Gasteiger partial charge on any atom is 0.340 e. The molecule has 0 spiro atoms. The van der Waals surface area contributed by atoms with Crippen molar-refractivity contribution in [3.05, 3.63) is 64.8 Å². The molecule has 0 aliphatic heterocycles. The molecule has 9 heteroatoms. The Hall–Kier alpha value is -2.84. The molecule has 0 fully saturated rings. The highest BCUT2D eigenvalue weighted by Crippen LogP contribution is 2.31. The zero-order valence-corrected chi connectivity index (χ0v) is 19.2. The number of ether oxygens (including phenoxy) is 1. The number of aryl methyl sites for hydroxylation is 1. The summed E-state index contributed by atoms with van der Waals surface area (Å²) in [6.45, 7) is 3.48. The van der Waals surface area contributed by atoms with Crippen LogP contribution in [0.4, 0.5) is 5.69 Å². The van der Waals surface area contributed by atoms with Crippen LogP contribution in [0.2, 0.25) is 5.02 Å². The van der Waals surface area contributed by atoms with E-state index in [9.17, 15) is 18.0 Å². The number of hydrogen-bond acceptors (Lipinski definition) is 5. The average molecular weight is 463 g/mol. The molecule has 0 bridgehead atoms. The molecule has 1 aromatic heterocycles. The van der Waals surface area contributed by atoms with Gasteiger partial charge in [-0.1, -0.05) is 42.8 Å². The van der Waals surface area contributed by atoms with Gasteiger partial charge in [0.2, 0.25) is 10.0 Å². The zero-order valence-electron chi connectivity index (χ0n) is 17.6. The van der Waals surface area contributed by atoms with Gasteiger partial charge in [0.05, 0.1) is 30.1 Å². The SMILES string of the molecule is CCC(C(=O)n1cc(C(=O)OC)c2ccccc21)N(c1cc(Cl)ccc1C)S(C)(=O)=O. The fourth-order valence-corrected chi connectivity index (χ4v) is 5.06. The smallest absolute Gasteiger partial charge is 0.340 e. The van der Waals surface area contributed by atoms with Crippen LogP contribution in [0.5, 0.6) is 0 Å². The van der Waals surface area contributed by atoms with Crippen LogP contribution in [0.3, 0.4) is 0 Å². The second-order valence-electron chi connectivity index (χ2n) is 7.17. The maximum atomic E-state index is 13.6. The first-order chi connectivity index (χ1) is 14.6. The third-order valence-corrected chi connectivity index (χ3v) is 6.48. The average Bonchev–Trinajstić information content (AvgIpc) is 3.12. The van der Waals surface area contributed by atoms with Crippen molar-refractivity contribution in [3.63, 3.8) is 0 Å². The Balaban J connectivity index is 2.20. The number of rotatable bonds is 6. The number of methoxy groups -OCH3 is 1. The molecule has 0 N–H and O–H groups in total. The number of hydrogen-bond donors (Lipinski definition) is 0. The third-order valence-electron chi connectivity index (χ3n) is 5.08. The molecule has 1 heterocycles. The number of nitrogens with zero attached hydrogens (tertiary/aromatic N) is 2. The molecular weight excluding hydrogens is 440 g/mol. The number of esters is 1. The van der Waals surface area contributed by atoms with Gasteiger partial charge in [-0.05, 0) is 37.1 Å². The van der Waals surface area contributed by atoms with Gasteiger partial charge in [-0.2, -0.15) is 0 Å². The van der Waals surface area contributed by atoms with E-state index >= 15 is 0 Å². The van der Waals surface area contributed by atoms with E-state index in [2.05, 4.69) is 0 Å². The van der Waals surface area contributed by atoms with Crippen LogP contribution in [0.15, 0.2) is 48.7 Å². The fraction of sp³-hybridized carbons (Fsp3) is 0.273. The van der Waals surface area contributed by atoms with E-state index in [1.54, 1.807) is 50.2 Å². The molecule has 1 atom stereocenters. The van der Waals surface area contributed by atoms with Gasteiger partial charge in [0.1, 0.15) is 6.04 Å². The van der Waals surface area contributed by atoms with Gasteiger partial charge in [0.25, 0.3) is 5.91 Å². The minimum atomic E-state index is -3.84. The van der Waals surface area contributed by atoms with E-state index in [4.69, 9.17) is 16.3 Å². The lowest BCUT2D eigenvalue weighted by Gasteiger charge is -2.31. The molecule has 0 saturated heterocycles. The molecule has 31 heavy (non-hydrogen) atoms. The summed E-state index contributed by atoms with van der Waals surface area (Å²) in [5, 5.41) is 0.901. The normalized spacial score (nSPS) is 12.5. The van der Waals surface area contributed by atoms with Gasteiger partial charge in [-0.25, -0.2) is 13.2 Å². The number of aromatic nitrogens is 1. The van der Waals surface area contributed by atoms with Gasteiger partial charge >= 0.3 is 5.97 Å². The summed E-state index contributed by atoms with van der Waals surface area (Å²) in [4.78, 5) is 25.9. The second kappa shape index (κ2) is 8.72. The Bertz CT molecular complexity index is 1270. The topological polar surface area (TPSA) is 85.7 Å². The summed E-state index contributed by atoms with van der Waals surface area (Å²) >= 11 is 6.12. The zero-order chi connectivity index (χ0) is 22.9. The largest absolute Gasteiger partial charge is 0.465 e. The van der Waals surface area contributed by atoms with Crippen molar-refractivity contribution in [1.82, 2.24) is 4.57 Å². The standard InChI is InChI=1S/C22H23ClN2O5S/c1-5-18(25(31(4,28)29)20-12-15(23)11-10-14(20)2)21(26)24-13-17(22(27)30-3)16-8-6-7-9-19(16)24/h6-13,18H,5H2,1-4H3.